The molecule has 1 aromatic rings. The molecule has 70 valence electrons. The summed E-state index contributed by atoms with van der Waals surface area (Å²) in [5, 5.41) is 1.66. The largest absolute Gasteiger partial charge is 0.0766 e. The van der Waals surface area contributed by atoms with Crippen molar-refractivity contribution in [1.29, 1.82) is 0 Å². The zero-order valence-electron chi connectivity index (χ0n) is 8.11. The third-order valence-electron chi connectivity index (χ3n) is 2.55. The third-order valence-corrected chi connectivity index (χ3v) is 11.2. The molecule has 1 aliphatic heterocycles. The highest BCUT2D eigenvalue weighted by atomic mass is 32.1. The molecule has 1 fully saturated rings. The van der Waals surface area contributed by atoms with Gasteiger partial charge in [0, 0.05) is 0 Å². The summed E-state index contributed by atoms with van der Waals surface area (Å²) in [6.45, 7) is 2.37. The van der Waals surface area contributed by atoms with E-state index in [4.69, 9.17) is 0 Å². The summed E-state index contributed by atoms with van der Waals surface area (Å²) in [7, 11) is 0.643. The molecular weight excluding hydrogens is 194 g/mol. The maximum atomic E-state index is 2.37. The van der Waals surface area contributed by atoms with Gasteiger partial charge in [0.05, 0.1) is 0 Å². The van der Waals surface area contributed by atoms with Gasteiger partial charge >= 0.3 is 0 Å². The molecule has 1 heterocycles. The second-order valence-corrected chi connectivity index (χ2v) is 10.4. The molecule has 0 spiro atoms. The first-order chi connectivity index (χ1) is 6.42. The predicted octanol–water partition coefficient (Wildman–Crippen LogP) is 3.61. The smallest absolute Gasteiger partial charge is 0.0197 e. The van der Waals surface area contributed by atoms with Gasteiger partial charge in [0.15, 0.2) is 0 Å². The first-order valence-electron chi connectivity index (χ1n) is 4.99. The normalized spacial score (nSPS) is 27.8. The van der Waals surface area contributed by atoms with E-state index in [1.54, 1.807) is 5.30 Å². The van der Waals surface area contributed by atoms with Crippen LogP contribution in [0.2, 0.25) is 0 Å². The molecule has 0 bridgehead atoms. The van der Waals surface area contributed by atoms with Crippen LogP contribution in [0.5, 0.6) is 0 Å². The lowest BCUT2D eigenvalue weighted by molar-refractivity contribution is 1.13. The summed E-state index contributed by atoms with van der Waals surface area (Å²) < 4.78 is 0. The molecule has 0 radical (unpaired) electrons. The van der Waals surface area contributed by atoms with E-state index in [1.807, 2.05) is 0 Å². The maximum absolute atomic E-state index is 2.37. The summed E-state index contributed by atoms with van der Waals surface area (Å²) in [6, 6.07) is 11.2. The molecule has 1 aliphatic rings. The minimum Gasteiger partial charge on any atom is -0.0766 e. The summed E-state index contributed by atoms with van der Waals surface area (Å²) in [5.74, 6) is 0. The lowest BCUT2D eigenvalue weighted by atomic mass is 10.4. The molecule has 0 aromatic heterocycles. The molecule has 2 atom stereocenters. The van der Waals surface area contributed by atoms with Crippen molar-refractivity contribution < 1.29 is 0 Å². The molecule has 2 rings (SSSR count). The molecular formula is C11H16P2. The topological polar surface area (TPSA) is 0 Å². The van der Waals surface area contributed by atoms with Gasteiger partial charge in [-0.15, -0.1) is 0 Å². The monoisotopic (exact) mass is 210 g/mol. The quantitative estimate of drug-likeness (QED) is 0.654. The Bertz CT molecular complexity index is 258. The first-order valence-corrected chi connectivity index (χ1v) is 8.93. The fraction of sp³-hybridized carbons (Fsp3) is 0.455. The second-order valence-electron chi connectivity index (χ2n) is 3.36. The van der Waals surface area contributed by atoms with Gasteiger partial charge in [-0.3, -0.25) is 0 Å². The van der Waals surface area contributed by atoms with Crippen LogP contribution >= 0.6 is 15.2 Å². The van der Waals surface area contributed by atoms with Crippen LogP contribution in [0.1, 0.15) is 13.3 Å². The zero-order valence-corrected chi connectivity index (χ0v) is 9.90. The molecule has 0 amide bonds. The predicted molar refractivity (Wildman–Crippen MR) is 64.8 cm³/mol. The van der Waals surface area contributed by atoms with Crippen LogP contribution in [0, 0.1) is 0 Å². The molecule has 0 aliphatic carbocycles. The van der Waals surface area contributed by atoms with E-state index in [-0.39, 0.29) is 7.61 Å². The summed E-state index contributed by atoms with van der Waals surface area (Å²) in [5.41, 5.74) is 0. The van der Waals surface area contributed by atoms with Gasteiger partial charge in [0.25, 0.3) is 0 Å². The number of hydrogen-bond donors (Lipinski definition) is 0. The number of rotatable bonds is 2. The molecule has 0 N–H and O–H groups in total. The minimum absolute atomic E-state index is 0.261. The standard InChI is InChI=1S/C11H16P2/c1-2-12-9-6-10-13(12)11-7-4-3-5-8-11/h3-5,7-8H,2,6,9-10H2,1H3. The second kappa shape index (κ2) is 4.54. The Hall–Kier alpha value is 0.0800. The molecule has 0 saturated carbocycles. The van der Waals surface area contributed by atoms with Crippen LogP contribution in [0.15, 0.2) is 30.3 Å². The van der Waals surface area contributed by atoms with Crippen molar-refractivity contribution in [3.63, 3.8) is 0 Å². The highest BCUT2D eigenvalue weighted by Gasteiger charge is 2.25. The molecule has 2 heteroatoms. The van der Waals surface area contributed by atoms with Gasteiger partial charge in [0.1, 0.15) is 0 Å². The zero-order chi connectivity index (χ0) is 9.10. The lowest BCUT2D eigenvalue weighted by Gasteiger charge is -2.19. The van der Waals surface area contributed by atoms with Crippen LogP contribution in [0.3, 0.4) is 0 Å². The van der Waals surface area contributed by atoms with Gasteiger partial charge in [0.2, 0.25) is 0 Å². The molecule has 2 unspecified atom stereocenters. The number of benzene rings is 1. The third kappa shape index (κ3) is 2.12. The van der Waals surface area contributed by atoms with Crippen molar-refractivity contribution in [1.82, 2.24) is 0 Å². The first kappa shape index (κ1) is 9.63. The van der Waals surface area contributed by atoms with E-state index in [1.165, 1.54) is 24.9 Å². The van der Waals surface area contributed by atoms with Crippen molar-refractivity contribution in [2.75, 3.05) is 18.5 Å². The molecule has 1 saturated heterocycles. The Morgan fingerprint density at radius 2 is 1.92 bits per heavy atom. The average molecular weight is 210 g/mol. The SMILES string of the molecule is CCP1CCCP1c1ccccc1. The Balaban J connectivity index is 2.16. The van der Waals surface area contributed by atoms with Gasteiger partial charge in [-0.25, -0.2) is 0 Å². The van der Waals surface area contributed by atoms with Crippen molar-refractivity contribution in [3.05, 3.63) is 30.3 Å². The van der Waals surface area contributed by atoms with E-state index < -0.39 is 0 Å². The highest BCUT2D eigenvalue weighted by Crippen LogP contribution is 2.72. The van der Waals surface area contributed by atoms with Crippen LogP contribution in [-0.2, 0) is 0 Å². The van der Waals surface area contributed by atoms with Crippen molar-refractivity contribution in [2.24, 2.45) is 0 Å². The van der Waals surface area contributed by atoms with E-state index in [9.17, 15) is 0 Å². The minimum atomic E-state index is 0.261. The lowest BCUT2D eigenvalue weighted by Crippen LogP contribution is -1.97. The van der Waals surface area contributed by atoms with Crippen molar-refractivity contribution >= 4 is 20.5 Å². The van der Waals surface area contributed by atoms with Crippen LogP contribution < -0.4 is 5.30 Å². The Kier molecular flexibility index (Phi) is 3.36. The summed E-state index contributed by atoms with van der Waals surface area (Å²) >= 11 is 0. The van der Waals surface area contributed by atoms with E-state index in [0.29, 0.717) is 7.61 Å². The van der Waals surface area contributed by atoms with Crippen LogP contribution in [-0.4, -0.2) is 18.5 Å². The summed E-state index contributed by atoms with van der Waals surface area (Å²) in [6.07, 6.45) is 5.96. The maximum Gasteiger partial charge on any atom is -0.0197 e. The van der Waals surface area contributed by atoms with Crippen molar-refractivity contribution in [2.45, 2.75) is 13.3 Å². The fourth-order valence-corrected chi connectivity index (χ4v) is 10.2. The van der Waals surface area contributed by atoms with Gasteiger partial charge in [-0.2, -0.15) is 0 Å². The van der Waals surface area contributed by atoms with E-state index >= 15 is 0 Å². The van der Waals surface area contributed by atoms with E-state index in [0.717, 1.165) is 0 Å². The van der Waals surface area contributed by atoms with Gasteiger partial charge in [-0.05, 0) is 30.2 Å². The Labute approximate surface area is 83.1 Å². The Morgan fingerprint density at radius 3 is 2.62 bits per heavy atom. The van der Waals surface area contributed by atoms with Gasteiger partial charge < -0.3 is 0 Å². The molecule has 13 heavy (non-hydrogen) atoms. The number of hydrogen-bond acceptors (Lipinski definition) is 0. The van der Waals surface area contributed by atoms with E-state index in [2.05, 4.69) is 37.3 Å². The van der Waals surface area contributed by atoms with Crippen LogP contribution in [0.4, 0.5) is 0 Å². The summed E-state index contributed by atoms with van der Waals surface area (Å²) in [4.78, 5) is 0. The molecule has 1 aromatic carbocycles. The molecule has 0 nitrogen and oxygen atoms in total. The highest BCUT2D eigenvalue weighted by molar-refractivity contribution is 8.33. The average Bonchev–Trinajstić information content (AvgIpc) is 2.67. The fourth-order valence-electron chi connectivity index (χ4n) is 1.89. The van der Waals surface area contributed by atoms with Gasteiger partial charge in [-0.1, -0.05) is 52.5 Å². The Morgan fingerprint density at radius 1 is 1.15 bits per heavy atom. The van der Waals surface area contributed by atoms with Crippen molar-refractivity contribution in [3.8, 4) is 0 Å². The van der Waals surface area contributed by atoms with Crippen LogP contribution in [0.25, 0.3) is 0 Å².